The van der Waals surface area contributed by atoms with Crippen LogP contribution < -0.4 is 5.73 Å². The van der Waals surface area contributed by atoms with Gasteiger partial charge in [0, 0.05) is 17.2 Å². The number of nitrogens with two attached hydrogens (primary N) is 1. The number of carbonyl (C=O) groups excluding carboxylic acids is 1. The van der Waals surface area contributed by atoms with Gasteiger partial charge in [0.15, 0.2) is 5.69 Å². The van der Waals surface area contributed by atoms with Gasteiger partial charge in [0.05, 0.1) is 5.69 Å². The second-order valence-corrected chi connectivity index (χ2v) is 4.90. The van der Waals surface area contributed by atoms with Gasteiger partial charge in [-0.3, -0.25) is 4.79 Å². The predicted octanol–water partition coefficient (Wildman–Crippen LogP) is 0.848. The van der Waals surface area contributed by atoms with Gasteiger partial charge in [-0.2, -0.15) is 9.78 Å². The molecule has 0 bridgehead atoms. The summed E-state index contributed by atoms with van der Waals surface area (Å²) in [6, 6.07) is 6.82. The number of halogens is 1. The summed E-state index contributed by atoms with van der Waals surface area (Å²) < 4.78 is 25.7. The molecule has 0 saturated heterocycles. The number of aromatic nitrogens is 2. The highest BCUT2D eigenvalue weighted by atomic mass is 32.2. The van der Waals surface area contributed by atoms with Crippen LogP contribution in [0.3, 0.4) is 0 Å². The van der Waals surface area contributed by atoms with Gasteiger partial charge in [-0.05, 0) is 24.3 Å². The molecule has 0 radical (unpaired) electrons. The molecule has 1 atom stereocenters. The van der Waals surface area contributed by atoms with E-state index in [1.165, 1.54) is 41.3 Å². The van der Waals surface area contributed by atoms with E-state index in [0.717, 1.165) is 0 Å². The third-order valence-electron chi connectivity index (χ3n) is 2.29. The maximum Gasteiger partial charge on any atom is 0.269 e. The number of hydrogen-bond donors (Lipinski definition) is 1. The number of carbonyl (C=O) groups is 1. The van der Waals surface area contributed by atoms with Crippen LogP contribution in [0, 0.1) is 5.82 Å². The molecule has 1 amide bonds. The van der Waals surface area contributed by atoms with E-state index < -0.39 is 17.1 Å². The first-order valence-electron chi connectivity index (χ1n) is 4.98. The fourth-order valence-electron chi connectivity index (χ4n) is 1.46. The number of primary amides is 1. The van der Waals surface area contributed by atoms with Crippen molar-refractivity contribution in [1.29, 1.82) is 0 Å². The molecule has 7 heteroatoms. The van der Waals surface area contributed by atoms with Crippen molar-refractivity contribution in [3.8, 4) is 5.69 Å². The van der Waals surface area contributed by atoms with Crippen LogP contribution in [0.5, 0.6) is 0 Å². The van der Waals surface area contributed by atoms with Gasteiger partial charge in [-0.25, -0.2) is 4.39 Å². The molecule has 5 nitrogen and oxygen atoms in total. The first kappa shape index (κ1) is 12.6. The Morgan fingerprint density at radius 3 is 2.56 bits per heavy atom. The Balaban J connectivity index is 2.54. The highest BCUT2D eigenvalue weighted by Gasteiger charge is 2.19. The number of nitrogens with zero attached hydrogens (tertiary/aromatic N) is 2. The van der Waals surface area contributed by atoms with Gasteiger partial charge >= 0.3 is 0 Å². The minimum absolute atomic E-state index is 0.0181. The van der Waals surface area contributed by atoms with Crippen molar-refractivity contribution in [2.75, 3.05) is 6.26 Å². The molecule has 0 aliphatic heterocycles. The molecular formula is C11H10FN3O2S. The van der Waals surface area contributed by atoms with Crippen molar-refractivity contribution in [1.82, 2.24) is 9.78 Å². The SMILES string of the molecule is C[S+]([O-])c1cc(C(N)=O)nn1-c1ccc(F)cc1. The van der Waals surface area contributed by atoms with E-state index in [1.54, 1.807) is 0 Å². The molecule has 0 aliphatic carbocycles. The fourth-order valence-corrected chi connectivity index (χ4v) is 2.12. The van der Waals surface area contributed by atoms with Crippen LogP contribution in [0.25, 0.3) is 5.69 Å². The number of hydrogen-bond acceptors (Lipinski definition) is 3. The lowest BCUT2D eigenvalue weighted by atomic mass is 10.3. The van der Waals surface area contributed by atoms with E-state index in [4.69, 9.17) is 5.73 Å². The quantitative estimate of drug-likeness (QED) is 0.837. The van der Waals surface area contributed by atoms with Crippen LogP contribution in [0.4, 0.5) is 4.39 Å². The van der Waals surface area contributed by atoms with E-state index in [2.05, 4.69) is 5.10 Å². The van der Waals surface area contributed by atoms with E-state index in [1.807, 2.05) is 0 Å². The normalized spacial score (nSPS) is 12.4. The second kappa shape index (κ2) is 4.79. The molecule has 0 saturated carbocycles. The van der Waals surface area contributed by atoms with Gasteiger partial charge in [0.1, 0.15) is 12.1 Å². The zero-order valence-electron chi connectivity index (χ0n) is 9.46. The summed E-state index contributed by atoms with van der Waals surface area (Å²) in [5.74, 6) is -1.09. The van der Waals surface area contributed by atoms with Crippen LogP contribution in [0.2, 0.25) is 0 Å². The molecule has 94 valence electrons. The van der Waals surface area contributed by atoms with Crippen molar-refractivity contribution in [3.63, 3.8) is 0 Å². The number of rotatable bonds is 3. The van der Waals surface area contributed by atoms with Gasteiger partial charge < -0.3 is 10.3 Å². The van der Waals surface area contributed by atoms with Gasteiger partial charge in [-0.15, -0.1) is 0 Å². The van der Waals surface area contributed by atoms with Crippen molar-refractivity contribution in [2.24, 2.45) is 5.73 Å². The second-order valence-electron chi connectivity index (χ2n) is 3.57. The number of amides is 1. The van der Waals surface area contributed by atoms with E-state index >= 15 is 0 Å². The first-order chi connectivity index (χ1) is 8.49. The largest absolute Gasteiger partial charge is 0.610 e. The molecule has 2 aromatic rings. The fraction of sp³-hybridized carbons (Fsp3) is 0.0909. The van der Waals surface area contributed by atoms with Gasteiger partial charge in [0.2, 0.25) is 5.03 Å². The van der Waals surface area contributed by atoms with Crippen molar-refractivity contribution in [3.05, 3.63) is 41.8 Å². The lowest BCUT2D eigenvalue weighted by Crippen LogP contribution is -2.12. The summed E-state index contributed by atoms with van der Waals surface area (Å²) in [6.45, 7) is 0. The molecule has 1 aromatic heterocycles. The Labute approximate surface area is 106 Å². The summed E-state index contributed by atoms with van der Waals surface area (Å²) in [7, 11) is 0. The third kappa shape index (κ3) is 2.36. The van der Waals surface area contributed by atoms with Crippen LogP contribution in [-0.2, 0) is 11.2 Å². The smallest absolute Gasteiger partial charge is 0.269 e. The lowest BCUT2D eigenvalue weighted by Gasteiger charge is -2.07. The van der Waals surface area contributed by atoms with Gasteiger partial charge in [-0.1, -0.05) is 0 Å². The van der Waals surface area contributed by atoms with Gasteiger partial charge in [0.25, 0.3) is 5.91 Å². The Kier molecular flexibility index (Phi) is 3.35. The molecule has 18 heavy (non-hydrogen) atoms. The predicted molar refractivity (Wildman–Crippen MR) is 64.4 cm³/mol. The highest BCUT2D eigenvalue weighted by molar-refractivity contribution is 7.90. The summed E-state index contributed by atoms with van der Waals surface area (Å²) >= 11 is -1.34. The maximum absolute atomic E-state index is 12.8. The molecule has 0 fully saturated rings. The molecular weight excluding hydrogens is 257 g/mol. The standard InChI is InChI=1S/C11H10FN3O2S/c1-18(17)10-6-9(11(13)16)14-15(10)8-4-2-7(12)3-5-8/h2-6H,1H3,(H2,13,16). The minimum Gasteiger partial charge on any atom is -0.610 e. The Morgan fingerprint density at radius 1 is 1.44 bits per heavy atom. The van der Waals surface area contributed by atoms with Crippen LogP contribution in [-0.4, -0.2) is 26.5 Å². The molecule has 1 heterocycles. The van der Waals surface area contributed by atoms with Crippen molar-refractivity contribution >= 4 is 17.1 Å². The first-order valence-corrected chi connectivity index (χ1v) is 6.54. The third-order valence-corrected chi connectivity index (χ3v) is 3.17. The molecule has 0 aliphatic rings. The van der Waals surface area contributed by atoms with Crippen molar-refractivity contribution < 1.29 is 13.7 Å². The Bertz CT molecular complexity index is 580. The zero-order chi connectivity index (χ0) is 13.3. The molecule has 2 rings (SSSR count). The molecule has 1 unspecified atom stereocenters. The lowest BCUT2D eigenvalue weighted by molar-refractivity contribution is 0.0995. The Morgan fingerprint density at radius 2 is 2.06 bits per heavy atom. The molecule has 2 N–H and O–H groups in total. The number of benzene rings is 1. The monoisotopic (exact) mass is 267 g/mol. The molecule has 1 aromatic carbocycles. The Hall–Kier alpha value is -1.86. The summed E-state index contributed by atoms with van der Waals surface area (Å²) in [4.78, 5) is 11.1. The summed E-state index contributed by atoms with van der Waals surface area (Å²) in [6.07, 6.45) is 1.46. The van der Waals surface area contributed by atoms with Crippen LogP contribution >= 0.6 is 0 Å². The van der Waals surface area contributed by atoms with E-state index in [9.17, 15) is 13.7 Å². The average molecular weight is 267 g/mol. The maximum atomic E-state index is 12.8. The summed E-state index contributed by atoms with van der Waals surface area (Å²) in [5, 5.41) is 4.29. The van der Waals surface area contributed by atoms with E-state index in [-0.39, 0.29) is 11.5 Å². The van der Waals surface area contributed by atoms with Crippen molar-refractivity contribution in [2.45, 2.75) is 5.03 Å². The minimum atomic E-state index is -1.34. The highest BCUT2D eigenvalue weighted by Crippen LogP contribution is 2.17. The van der Waals surface area contributed by atoms with E-state index in [0.29, 0.717) is 10.7 Å². The molecule has 0 spiro atoms. The topological polar surface area (TPSA) is 84.0 Å². The van der Waals surface area contributed by atoms with Crippen LogP contribution in [0.1, 0.15) is 10.5 Å². The van der Waals surface area contributed by atoms with Crippen LogP contribution in [0.15, 0.2) is 35.4 Å². The summed E-state index contributed by atoms with van der Waals surface area (Å²) in [5.41, 5.74) is 5.65. The zero-order valence-corrected chi connectivity index (χ0v) is 10.3. The average Bonchev–Trinajstić information content (AvgIpc) is 2.75.